The summed E-state index contributed by atoms with van der Waals surface area (Å²) in [5.74, 6) is 0.0156. The molecule has 4 nitrogen and oxygen atoms in total. The maximum atomic E-state index is 10.6. The largest absolute Gasteiger partial charge is 0.382 e. The van der Waals surface area contributed by atoms with Gasteiger partial charge in [0.1, 0.15) is 6.10 Å². The molecule has 1 amide bonds. The van der Waals surface area contributed by atoms with E-state index >= 15 is 0 Å². The standard InChI is InChI=1S/C9H18N2O2/c1-6-3-7(2)11(4-6)5-8(12)9(10)13/h6-8,12H,3-5H2,1-2H3,(H2,10,13)/t6?,7?,8-/m1/s1. The molecule has 0 radical (unpaired) electrons. The fourth-order valence-electron chi connectivity index (χ4n) is 1.95. The lowest BCUT2D eigenvalue weighted by atomic mass is 10.1. The van der Waals surface area contributed by atoms with Crippen molar-refractivity contribution < 1.29 is 9.90 Å². The Balaban J connectivity index is 2.41. The van der Waals surface area contributed by atoms with Crippen LogP contribution in [0, 0.1) is 5.92 Å². The summed E-state index contributed by atoms with van der Waals surface area (Å²) in [6.45, 7) is 5.61. The van der Waals surface area contributed by atoms with Gasteiger partial charge in [0.2, 0.25) is 5.91 Å². The highest BCUT2D eigenvalue weighted by molar-refractivity contribution is 5.78. The van der Waals surface area contributed by atoms with Crippen LogP contribution < -0.4 is 5.73 Å². The number of aliphatic hydroxyl groups is 1. The number of rotatable bonds is 3. The van der Waals surface area contributed by atoms with E-state index in [0.29, 0.717) is 18.5 Å². The van der Waals surface area contributed by atoms with Crippen LogP contribution in [0.5, 0.6) is 0 Å². The van der Waals surface area contributed by atoms with E-state index in [4.69, 9.17) is 5.73 Å². The van der Waals surface area contributed by atoms with Gasteiger partial charge in [-0.2, -0.15) is 0 Å². The molecule has 0 saturated carbocycles. The lowest BCUT2D eigenvalue weighted by molar-refractivity contribution is -0.127. The lowest BCUT2D eigenvalue weighted by Gasteiger charge is -2.22. The Morgan fingerprint density at radius 3 is 2.69 bits per heavy atom. The number of nitrogens with two attached hydrogens (primary N) is 1. The molecular weight excluding hydrogens is 168 g/mol. The quantitative estimate of drug-likeness (QED) is 0.628. The first kappa shape index (κ1) is 10.5. The third kappa shape index (κ3) is 2.67. The zero-order valence-corrected chi connectivity index (χ0v) is 8.23. The summed E-state index contributed by atoms with van der Waals surface area (Å²) < 4.78 is 0. The molecule has 0 aromatic heterocycles. The minimum Gasteiger partial charge on any atom is -0.382 e. The summed E-state index contributed by atoms with van der Waals surface area (Å²) >= 11 is 0. The third-order valence-electron chi connectivity index (χ3n) is 2.65. The summed E-state index contributed by atoms with van der Waals surface area (Å²) in [5, 5.41) is 9.27. The molecule has 0 aromatic rings. The van der Waals surface area contributed by atoms with E-state index in [2.05, 4.69) is 18.7 Å². The Morgan fingerprint density at radius 1 is 1.69 bits per heavy atom. The number of primary amides is 1. The molecule has 0 aromatic carbocycles. The number of hydrogen-bond donors (Lipinski definition) is 2. The lowest BCUT2D eigenvalue weighted by Crippen LogP contribution is -2.41. The van der Waals surface area contributed by atoms with Gasteiger partial charge in [0.05, 0.1) is 0 Å². The molecule has 3 N–H and O–H groups in total. The van der Waals surface area contributed by atoms with Crippen molar-refractivity contribution in [3.05, 3.63) is 0 Å². The molecule has 0 bridgehead atoms. The molecule has 1 aliphatic heterocycles. The number of nitrogens with zero attached hydrogens (tertiary/aromatic N) is 1. The highest BCUT2D eigenvalue weighted by Crippen LogP contribution is 2.21. The summed E-state index contributed by atoms with van der Waals surface area (Å²) in [6.07, 6.45) is 0.110. The molecular formula is C9H18N2O2. The van der Waals surface area contributed by atoms with Crippen LogP contribution in [-0.4, -0.2) is 41.1 Å². The monoisotopic (exact) mass is 186 g/mol. The van der Waals surface area contributed by atoms with Crippen LogP contribution in [0.3, 0.4) is 0 Å². The van der Waals surface area contributed by atoms with Gasteiger partial charge in [-0.3, -0.25) is 9.69 Å². The summed E-state index contributed by atoms with van der Waals surface area (Å²) in [4.78, 5) is 12.7. The molecule has 1 rings (SSSR count). The minimum absolute atomic E-state index is 0.376. The number of β-amino-alcohol motifs (C(OH)–C–C–N with tert-alkyl or cyclic N) is 1. The van der Waals surface area contributed by atoms with Crippen LogP contribution in [0.25, 0.3) is 0 Å². The Bertz CT molecular complexity index is 196. The van der Waals surface area contributed by atoms with E-state index in [1.54, 1.807) is 0 Å². The fourth-order valence-corrected chi connectivity index (χ4v) is 1.95. The molecule has 1 fully saturated rings. The molecule has 1 aliphatic rings. The van der Waals surface area contributed by atoms with Crippen molar-refractivity contribution in [3.8, 4) is 0 Å². The van der Waals surface area contributed by atoms with Gasteiger partial charge < -0.3 is 10.8 Å². The molecule has 3 atom stereocenters. The predicted molar refractivity (Wildman–Crippen MR) is 50.0 cm³/mol. The van der Waals surface area contributed by atoms with Crippen LogP contribution >= 0.6 is 0 Å². The van der Waals surface area contributed by atoms with Crippen molar-refractivity contribution in [3.63, 3.8) is 0 Å². The predicted octanol–water partition coefficient (Wildman–Crippen LogP) is -0.437. The maximum Gasteiger partial charge on any atom is 0.247 e. The molecule has 4 heteroatoms. The van der Waals surface area contributed by atoms with Crippen LogP contribution in [0.2, 0.25) is 0 Å². The van der Waals surface area contributed by atoms with Gasteiger partial charge in [0.25, 0.3) is 0 Å². The fraction of sp³-hybridized carbons (Fsp3) is 0.889. The second kappa shape index (κ2) is 4.07. The number of aliphatic hydroxyl groups excluding tert-OH is 1. The van der Waals surface area contributed by atoms with Crippen LogP contribution in [0.15, 0.2) is 0 Å². The molecule has 76 valence electrons. The average molecular weight is 186 g/mol. The summed E-state index contributed by atoms with van der Waals surface area (Å²) in [7, 11) is 0. The van der Waals surface area contributed by atoms with Gasteiger partial charge in [-0.05, 0) is 19.3 Å². The maximum absolute atomic E-state index is 10.6. The summed E-state index contributed by atoms with van der Waals surface area (Å²) in [6, 6.07) is 0.448. The molecule has 2 unspecified atom stereocenters. The number of amides is 1. The zero-order chi connectivity index (χ0) is 10.0. The van der Waals surface area contributed by atoms with E-state index in [-0.39, 0.29) is 0 Å². The number of carbonyl (C=O) groups is 1. The van der Waals surface area contributed by atoms with Gasteiger partial charge in [-0.25, -0.2) is 0 Å². The third-order valence-corrected chi connectivity index (χ3v) is 2.65. The van der Waals surface area contributed by atoms with Crippen molar-refractivity contribution in [2.75, 3.05) is 13.1 Å². The smallest absolute Gasteiger partial charge is 0.247 e. The summed E-state index contributed by atoms with van der Waals surface area (Å²) in [5.41, 5.74) is 4.98. The Kier molecular flexibility index (Phi) is 3.27. The van der Waals surface area contributed by atoms with Crippen molar-refractivity contribution >= 4 is 5.91 Å². The highest BCUT2D eigenvalue weighted by Gasteiger charge is 2.28. The molecule has 1 heterocycles. The van der Waals surface area contributed by atoms with E-state index in [9.17, 15) is 9.90 Å². The van der Waals surface area contributed by atoms with Crippen molar-refractivity contribution in [2.24, 2.45) is 11.7 Å². The average Bonchev–Trinajstić information content (AvgIpc) is 2.30. The van der Waals surface area contributed by atoms with Gasteiger partial charge in [-0.15, -0.1) is 0 Å². The van der Waals surface area contributed by atoms with E-state index in [1.165, 1.54) is 0 Å². The Morgan fingerprint density at radius 2 is 2.31 bits per heavy atom. The molecule has 0 aliphatic carbocycles. The first-order valence-electron chi connectivity index (χ1n) is 4.72. The first-order chi connectivity index (χ1) is 6.00. The van der Waals surface area contributed by atoms with Crippen LogP contribution in [0.4, 0.5) is 0 Å². The Labute approximate surface area is 78.7 Å². The van der Waals surface area contributed by atoms with E-state index < -0.39 is 12.0 Å². The van der Waals surface area contributed by atoms with E-state index in [0.717, 1.165) is 13.0 Å². The van der Waals surface area contributed by atoms with Crippen LogP contribution in [-0.2, 0) is 4.79 Å². The SMILES string of the molecule is CC1CC(C)N(C[C@@H](O)C(N)=O)C1. The van der Waals surface area contributed by atoms with Gasteiger partial charge >= 0.3 is 0 Å². The normalized spacial score (nSPS) is 31.9. The molecule has 0 spiro atoms. The topological polar surface area (TPSA) is 66.6 Å². The van der Waals surface area contributed by atoms with Crippen molar-refractivity contribution in [1.82, 2.24) is 4.90 Å². The highest BCUT2D eigenvalue weighted by atomic mass is 16.3. The molecule has 13 heavy (non-hydrogen) atoms. The second-order valence-corrected chi connectivity index (χ2v) is 4.06. The van der Waals surface area contributed by atoms with Crippen molar-refractivity contribution in [2.45, 2.75) is 32.4 Å². The second-order valence-electron chi connectivity index (χ2n) is 4.06. The van der Waals surface area contributed by atoms with Gasteiger partial charge in [0.15, 0.2) is 0 Å². The molecule has 1 saturated heterocycles. The number of likely N-dealkylation sites (tertiary alicyclic amines) is 1. The van der Waals surface area contributed by atoms with E-state index in [1.807, 2.05) is 0 Å². The minimum atomic E-state index is -1.02. The first-order valence-corrected chi connectivity index (χ1v) is 4.72. The zero-order valence-electron chi connectivity index (χ0n) is 8.23. The van der Waals surface area contributed by atoms with Gasteiger partial charge in [0, 0.05) is 19.1 Å². The number of carbonyl (C=O) groups excluding carboxylic acids is 1. The van der Waals surface area contributed by atoms with Crippen LogP contribution in [0.1, 0.15) is 20.3 Å². The Hall–Kier alpha value is -0.610. The van der Waals surface area contributed by atoms with Crippen molar-refractivity contribution in [1.29, 1.82) is 0 Å². The van der Waals surface area contributed by atoms with Gasteiger partial charge in [-0.1, -0.05) is 6.92 Å². The number of hydrogen-bond acceptors (Lipinski definition) is 3.